The lowest BCUT2D eigenvalue weighted by atomic mass is 10.2. The molecule has 1 aromatic carbocycles. The minimum Gasteiger partial charge on any atom is -0.467 e. The number of fused-ring (bicyclic) bond motifs is 1. The molecule has 22 heavy (non-hydrogen) atoms. The summed E-state index contributed by atoms with van der Waals surface area (Å²) >= 11 is 5.95. The van der Waals surface area contributed by atoms with E-state index in [4.69, 9.17) is 16.0 Å². The molecule has 0 saturated heterocycles. The number of aldehydes is 1. The van der Waals surface area contributed by atoms with Crippen LogP contribution in [0.4, 0.5) is 0 Å². The van der Waals surface area contributed by atoms with Crippen molar-refractivity contribution in [3.05, 3.63) is 59.1 Å². The third-order valence-corrected chi connectivity index (χ3v) is 3.59. The van der Waals surface area contributed by atoms with Gasteiger partial charge in [0.05, 0.1) is 12.8 Å². The van der Waals surface area contributed by atoms with Crippen LogP contribution in [0.2, 0.25) is 5.02 Å². The van der Waals surface area contributed by atoms with E-state index in [-0.39, 0.29) is 12.5 Å². The van der Waals surface area contributed by atoms with Crippen molar-refractivity contribution in [2.24, 2.45) is 0 Å². The number of benzene rings is 1. The molecule has 2 heterocycles. The molecular weight excluding hydrogens is 304 g/mol. The SMILES string of the molecule is O=Cc1cn(CC(=O)NCc2ccco2)c2ccc(Cl)cc12. The van der Waals surface area contributed by atoms with Crippen molar-refractivity contribution >= 4 is 34.7 Å². The van der Waals surface area contributed by atoms with Crippen LogP contribution in [0.5, 0.6) is 0 Å². The fraction of sp³-hybridized carbons (Fsp3) is 0.125. The van der Waals surface area contributed by atoms with E-state index >= 15 is 0 Å². The Bertz CT molecular complexity index is 821. The summed E-state index contributed by atoms with van der Waals surface area (Å²) in [4.78, 5) is 23.2. The normalized spacial score (nSPS) is 10.8. The molecule has 0 spiro atoms. The van der Waals surface area contributed by atoms with Gasteiger partial charge in [-0.2, -0.15) is 0 Å². The molecule has 0 aliphatic heterocycles. The average Bonchev–Trinajstić information content (AvgIpc) is 3.13. The van der Waals surface area contributed by atoms with Crippen molar-refractivity contribution in [1.29, 1.82) is 0 Å². The predicted octanol–water partition coefficient (Wildman–Crippen LogP) is 3.02. The number of nitrogens with one attached hydrogen (secondary N) is 1. The van der Waals surface area contributed by atoms with E-state index in [1.165, 1.54) is 0 Å². The average molecular weight is 317 g/mol. The Labute approximate surface area is 131 Å². The van der Waals surface area contributed by atoms with Crippen molar-refractivity contribution in [1.82, 2.24) is 9.88 Å². The number of carbonyl (C=O) groups is 2. The van der Waals surface area contributed by atoms with Gasteiger partial charge in [-0.3, -0.25) is 9.59 Å². The van der Waals surface area contributed by atoms with Gasteiger partial charge in [0.15, 0.2) is 6.29 Å². The van der Waals surface area contributed by atoms with E-state index in [2.05, 4.69) is 5.32 Å². The van der Waals surface area contributed by atoms with Crippen molar-refractivity contribution in [2.75, 3.05) is 0 Å². The minimum atomic E-state index is -0.166. The summed E-state index contributed by atoms with van der Waals surface area (Å²) in [6.07, 6.45) is 3.97. The Morgan fingerprint density at radius 1 is 1.36 bits per heavy atom. The van der Waals surface area contributed by atoms with Crippen LogP contribution in [-0.2, 0) is 17.9 Å². The third-order valence-electron chi connectivity index (χ3n) is 3.35. The molecule has 6 heteroatoms. The molecule has 5 nitrogen and oxygen atoms in total. The summed E-state index contributed by atoms with van der Waals surface area (Å²) in [5.41, 5.74) is 1.30. The second-order valence-corrected chi connectivity index (χ2v) is 5.28. The number of halogens is 1. The number of carbonyl (C=O) groups excluding carboxylic acids is 2. The molecule has 0 aliphatic rings. The summed E-state index contributed by atoms with van der Waals surface area (Å²) < 4.78 is 6.89. The first-order valence-corrected chi connectivity index (χ1v) is 7.08. The van der Waals surface area contributed by atoms with E-state index in [0.29, 0.717) is 22.9 Å². The monoisotopic (exact) mass is 316 g/mol. The number of amides is 1. The summed E-state index contributed by atoms with van der Waals surface area (Å²) in [6.45, 7) is 0.448. The summed E-state index contributed by atoms with van der Waals surface area (Å²) in [5.74, 6) is 0.520. The van der Waals surface area contributed by atoms with Crippen molar-refractivity contribution in [3.8, 4) is 0 Å². The Morgan fingerprint density at radius 2 is 2.23 bits per heavy atom. The van der Waals surface area contributed by atoms with Crippen LogP contribution in [-0.4, -0.2) is 16.8 Å². The number of furan rings is 1. The van der Waals surface area contributed by atoms with Gasteiger partial charge in [-0.15, -0.1) is 0 Å². The fourth-order valence-corrected chi connectivity index (χ4v) is 2.50. The highest BCUT2D eigenvalue weighted by molar-refractivity contribution is 6.31. The van der Waals surface area contributed by atoms with Crippen molar-refractivity contribution in [3.63, 3.8) is 0 Å². The maximum atomic E-state index is 12.0. The van der Waals surface area contributed by atoms with Gasteiger partial charge in [-0.25, -0.2) is 0 Å². The first-order valence-electron chi connectivity index (χ1n) is 6.70. The topological polar surface area (TPSA) is 64.2 Å². The highest BCUT2D eigenvalue weighted by Gasteiger charge is 2.11. The van der Waals surface area contributed by atoms with E-state index < -0.39 is 0 Å². The number of aromatic nitrogens is 1. The van der Waals surface area contributed by atoms with Gasteiger partial charge in [0.25, 0.3) is 0 Å². The van der Waals surface area contributed by atoms with Crippen LogP contribution >= 0.6 is 11.6 Å². The van der Waals surface area contributed by atoms with Gasteiger partial charge in [0.1, 0.15) is 12.3 Å². The van der Waals surface area contributed by atoms with Gasteiger partial charge < -0.3 is 14.3 Å². The quantitative estimate of drug-likeness (QED) is 0.736. The van der Waals surface area contributed by atoms with Crippen LogP contribution in [0.25, 0.3) is 10.9 Å². The van der Waals surface area contributed by atoms with Crippen LogP contribution in [0.3, 0.4) is 0 Å². The number of hydrogen-bond acceptors (Lipinski definition) is 3. The molecule has 1 N–H and O–H groups in total. The van der Waals surface area contributed by atoms with E-state index in [1.807, 2.05) is 0 Å². The van der Waals surface area contributed by atoms with E-state index in [0.717, 1.165) is 17.2 Å². The number of rotatable bonds is 5. The smallest absolute Gasteiger partial charge is 0.240 e. The zero-order valence-electron chi connectivity index (χ0n) is 11.6. The summed E-state index contributed by atoms with van der Waals surface area (Å²) in [7, 11) is 0. The van der Waals surface area contributed by atoms with Crippen LogP contribution < -0.4 is 5.32 Å². The van der Waals surface area contributed by atoms with Crippen LogP contribution in [0, 0.1) is 0 Å². The van der Waals surface area contributed by atoms with Gasteiger partial charge >= 0.3 is 0 Å². The van der Waals surface area contributed by atoms with Gasteiger partial charge in [-0.05, 0) is 30.3 Å². The minimum absolute atomic E-state index is 0.118. The van der Waals surface area contributed by atoms with E-state index in [1.54, 1.807) is 47.4 Å². The lowest BCUT2D eigenvalue weighted by Crippen LogP contribution is -2.26. The molecular formula is C16H13ClN2O3. The Balaban J connectivity index is 1.78. The molecule has 1 amide bonds. The second kappa shape index (κ2) is 6.07. The standard InChI is InChI=1S/C16H13ClN2O3/c17-12-3-4-15-14(6-12)11(10-20)8-19(15)9-16(21)18-7-13-2-1-5-22-13/h1-6,8,10H,7,9H2,(H,18,21). The third kappa shape index (κ3) is 2.89. The highest BCUT2D eigenvalue weighted by atomic mass is 35.5. The van der Waals surface area contributed by atoms with Gasteiger partial charge in [-0.1, -0.05) is 11.6 Å². The van der Waals surface area contributed by atoms with Gasteiger partial charge in [0.2, 0.25) is 5.91 Å². The van der Waals surface area contributed by atoms with Gasteiger partial charge in [0, 0.05) is 27.7 Å². The summed E-state index contributed by atoms with van der Waals surface area (Å²) in [5, 5.41) is 4.06. The lowest BCUT2D eigenvalue weighted by Gasteiger charge is -2.06. The molecule has 0 aliphatic carbocycles. The molecule has 0 saturated carbocycles. The number of hydrogen-bond donors (Lipinski definition) is 1. The maximum absolute atomic E-state index is 12.0. The molecule has 3 aromatic rings. The van der Waals surface area contributed by atoms with Crippen LogP contribution in [0.1, 0.15) is 16.1 Å². The zero-order valence-corrected chi connectivity index (χ0v) is 12.3. The lowest BCUT2D eigenvalue weighted by molar-refractivity contribution is -0.121. The molecule has 0 unspecified atom stereocenters. The Hall–Kier alpha value is -2.53. The highest BCUT2D eigenvalue weighted by Crippen LogP contribution is 2.24. The molecule has 0 bridgehead atoms. The summed E-state index contributed by atoms with van der Waals surface area (Å²) in [6, 6.07) is 8.80. The van der Waals surface area contributed by atoms with Crippen molar-refractivity contribution < 1.29 is 14.0 Å². The molecule has 0 fully saturated rings. The first kappa shape index (κ1) is 14.4. The predicted molar refractivity (Wildman–Crippen MR) is 82.9 cm³/mol. The number of nitrogens with zero attached hydrogens (tertiary/aromatic N) is 1. The Morgan fingerprint density at radius 3 is 2.95 bits per heavy atom. The molecule has 112 valence electrons. The molecule has 0 atom stereocenters. The Kier molecular flexibility index (Phi) is 3.98. The van der Waals surface area contributed by atoms with Crippen LogP contribution in [0.15, 0.2) is 47.2 Å². The van der Waals surface area contributed by atoms with Crippen molar-refractivity contribution in [2.45, 2.75) is 13.1 Å². The molecule has 3 rings (SSSR count). The molecule has 2 aromatic heterocycles. The fourth-order valence-electron chi connectivity index (χ4n) is 2.33. The largest absolute Gasteiger partial charge is 0.467 e. The second-order valence-electron chi connectivity index (χ2n) is 4.85. The molecule has 0 radical (unpaired) electrons. The maximum Gasteiger partial charge on any atom is 0.240 e. The first-order chi connectivity index (χ1) is 10.7. The van der Waals surface area contributed by atoms with E-state index in [9.17, 15) is 9.59 Å². The zero-order chi connectivity index (χ0) is 15.5.